The Bertz CT molecular complexity index is 721. The van der Waals surface area contributed by atoms with E-state index in [4.69, 9.17) is 5.73 Å². The second-order valence-corrected chi connectivity index (χ2v) is 6.85. The van der Waals surface area contributed by atoms with E-state index in [1.807, 2.05) is 6.07 Å². The van der Waals surface area contributed by atoms with Crippen LogP contribution in [0.25, 0.3) is 10.8 Å². The Kier molecular flexibility index (Phi) is 3.45. The van der Waals surface area contributed by atoms with E-state index in [9.17, 15) is 8.42 Å². The van der Waals surface area contributed by atoms with Crippen LogP contribution in [-0.2, 0) is 10.0 Å². The van der Waals surface area contributed by atoms with Crippen molar-refractivity contribution in [2.24, 2.45) is 5.73 Å². The van der Waals surface area contributed by atoms with Gasteiger partial charge in [0.05, 0.1) is 4.90 Å². The summed E-state index contributed by atoms with van der Waals surface area (Å²) >= 11 is 0. The SMILES string of the molecule is NCCN(C1CC1)S(=O)(=O)c1cccc2cnccc12. The van der Waals surface area contributed by atoms with Crippen molar-refractivity contribution in [2.75, 3.05) is 13.1 Å². The highest BCUT2D eigenvalue weighted by atomic mass is 32.2. The van der Waals surface area contributed by atoms with Crippen LogP contribution in [0.1, 0.15) is 12.8 Å². The maximum absolute atomic E-state index is 12.9. The van der Waals surface area contributed by atoms with Gasteiger partial charge in [0.25, 0.3) is 0 Å². The number of fused-ring (bicyclic) bond motifs is 1. The van der Waals surface area contributed by atoms with Crippen molar-refractivity contribution in [3.8, 4) is 0 Å². The van der Waals surface area contributed by atoms with Crippen molar-refractivity contribution in [1.29, 1.82) is 0 Å². The molecule has 0 saturated heterocycles. The maximum Gasteiger partial charge on any atom is 0.243 e. The molecule has 0 radical (unpaired) electrons. The summed E-state index contributed by atoms with van der Waals surface area (Å²) in [6.07, 6.45) is 5.14. The Labute approximate surface area is 118 Å². The number of aromatic nitrogens is 1. The maximum atomic E-state index is 12.9. The van der Waals surface area contributed by atoms with Gasteiger partial charge in [-0.05, 0) is 25.0 Å². The molecule has 5 nitrogen and oxygen atoms in total. The molecule has 2 aromatic rings. The Morgan fingerprint density at radius 2 is 2.10 bits per heavy atom. The Morgan fingerprint density at radius 1 is 1.30 bits per heavy atom. The second-order valence-electron chi connectivity index (χ2n) is 4.99. The summed E-state index contributed by atoms with van der Waals surface area (Å²) in [6, 6.07) is 7.13. The van der Waals surface area contributed by atoms with E-state index in [0.29, 0.717) is 23.4 Å². The number of nitrogens with two attached hydrogens (primary N) is 1. The molecule has 20 heavy (non-hydrogen) atoms. The average Bonchev–Trinajstić information content (AvgIpc) is 3.28. The zero-order valence-corrected chi connectivity index (χ0v) is 11.9. The predicted molar refractivity (Wildman–Crippen MR) is 77.7 cm³/mol. The molecule has 0 unspecified atom stereocenters. The van der Waals surface area contributed by atoms with E-state index >= 15 is 0 Å². The standard InChI is InChI=1S/C14H17N3O2S/c15-7-9-17(12-4-5-12)20(18,19)14-3-1-2-11-10-16-8-6-13(11)14/h1-3,6,8,10,12H,4-5,7,9,15H2. The van der Waals surface area contributed by atoms with Crippen LogP contribution in [0.2, 0.25) is 0 Å². The summed E-state index contributed by atoms with van der Waals surface area (Å²) in [5.74, 6) is 0. The first-order valence-electron chi connectivity index (χ1n) is 6.69. The van der Waals surface area contributed by atoms with E-state index in [1.54, 1.807) is 34.9 Å². The third-order valence-electron chi connectivity index (χ3n) is 3.53. The molecule has 1 fully saturated rings. The number of pyridine rings is 1. The molecule has 2 N–H and O–H groups in total. The molecule has 6 heteroatoms. The lowest BCUT2D eigenvalue weighted by Gasteiger charge is -2.22. The smallest absolute Gasteiger partial charge is 0.243 e. The van der Waals surface area contributed by atoms with Crippen molar-refractivity contribution in [3.05, 3.63) is 36.7 Å². The van der Waals surface area contributed by atoms with Gasteiger partial charge in [-0.1, -0.05) is 12.1 Å². The molecule has 0 spiro atoms. The molecule has 1 heterocycles. The van der Waals surface area contributed by atoms with Gasteiger partial charge >= 0.3 is 0 Å². The Hall–Kier alpha value is -1.50. The molecule has 1 aliphatic rings. The van der Waals surface area contributed by atoms with Crippen LogP contribution in [0, 0.1) is 0 Å². The highest BCUT2D eigenvalue weighted by molar-refractivity contribution is 7.89. The number of hydrogen-bond donors (Lipinski definition) is 1. The minimum absolute atomic E-state index is 0.112. The van der Waals surface area contributed by atoms with Crippen molar-refractivity contribution in [3.63, 3.8) is 0 Å². The third-order valence-corrected chi connectivity index (χ3v) is 5.54. The molecule has 1 aromatic carbocycles. The highest BCUT2D eigenvalue weighted by Crippen LogP contribution is 2.33. The summed E-state index contributed by atoms with van der Waals surface area (Å²) in [7, 11) is -3.50. The van der Waals surface area contributed by atoms with Crippen LogP contribution in [0.5, 0.6) is 0 Å². The van der Waals surface area contributed by atoms with Crippen LogP contribution in [0.3, 0.4) is 0 Å². The summed E-state index contributed by atoms with van der Waals surface area (Å²) in [4.78, 5) is 4.38. The molecule has 0 aliphatic heterocycles. The monoisotopic (exact) mass is 291 g/mol. The zero-order valence-electron chi connectivity index (χ0n) is 11.1. The first-order chi connectivity index (χ1) is 9.64. The summed E-state index contributed by atoms with van der Waals surface area (Å²) in [5.41, 5.74) is 5.57. The number of nitrogens with zero attached hydrogens (tertiary/aromatic N) is 2. The second kappa shape index (κ2) is 5.12. The van der Waals surface area contributed by atoms with Gasteiger partial charge in [-0.15, -0.1) is 0 Å². The average molecular weight is 291 g/mol. The van der Waals surface area contributed by atoms with Gasteiger partial charge < -0.3 is 5.73 Å². The van der Waals surface area contributed by atoms with E-state index in [-0.39, 0.29) is 6.04 Å². The molecular weight excluding hydrogens is 274 g/mol. The molecule has 106 valence electrons. The van der Waals surface area contributed by atoms with Crippen molar-refractivity contribution < 1.29 is 8.42 Å². The molecule has 1 aromatic heterocycles. The number of hydrogen-bond acceptors (Lipinski definition) is 4. The third kappa shape index (κ3) is 2.30. The van der Waals surface area contributed by atoms with Crippen LogP contribution in [-0.4, -0.2) is 36.8 Å². The van der Waals surface area contributed by atoms with Crippen LogP contribution >= 0.6 is 0 Å². The normalized spacial score (nSPS) is 15.9. The minimum atomic E-state index is -3.50. The molecule has 1 aliphatic carbocycles. The number of sulfonamides is 1. The fraction of sp³-hybridized carbons (Fsp3) is 0.357. The van der Waals surface area contributed by atoms with E-state index in [2.05, 4.69) is 4.98 Å². The van der Waals surface area contributed by atoms with Gasteiger partial charge in [-0.25, -0.2) is 8.42 Å². The number of rotatable bonds is 5. The summed E-state index contributed by atoms with van der Waals surface area (Å²) < 4.78 is 27.3. The van der Waals surface area contributed by atoms with E-state index in [0.717, 1.165) is 18.2 Å². The van der Waals surface area contributed by atoms with Crippen molar-refractivity contribution in [1.82, 2.24) is 9.29 Å². The zero-order chi connectivity index (χ0) is 14.2. The lowest BCUT2D eigenvalue weighted by molar-refractivity contribution is 0.412. The molecular formula is C14H17N3O2S. The predicted octanol–water partition coefficient (Wildman–Crippen LogP) is 1.35. The largest absolute Gasteiger partial charge is 0.329 e. The van der Waals surface area contributed by atoms with Gasteiger partial charge in [0.2, 0.25) is 10.0 Å². The van der Waals surface area contributed by atoms with Crippen molar-refractivity contribution >= 4 is 20.8 Å². The molecule has 3 rings (SSSR count). The van der Waals surface area contributed by atoms with E-state index < -0.39 is 10.0 Å². The molecule has 0 bridgehead atoms. The highest BCUT2D eigenvalue weighted by Gasteiger charge is 2.38. The quantitative estimate of drug-likeness (QED) is 0.902. The Morgan fingerprint density at radius 3 is 2.80 bits per heavy atom. The van der Waals surface area contributed by atoms with Crippen molar-refractivity contribution in [2.45, 2.75) is 23.8 Å². The summed E-state index contributed by atoms with van der Waals surface area (Å²) in [5, 5.41) is 1.54. The van der Waals surface area contributed by atoms with Gasteiger partial charge in [0.1, 0.15) is 0 Å². The Balaban J connectivity index is 2.13. The van der Waals surface area contributed by atoms with Crippen LogP contribution < -0.4 is 5.73 Å². The van der Waals surface area contributed by atoms with Crippen LogP contribution in [0.15, 0.2) is 41.6 Å². The molecule has 1 saturated carbocycles. The molecule has 0 atom stereocenters. The van der Waals surface area contributed by atoms with Gasteiger partial charge in [0, 0.05) is 42.3 Å². The first-order valence-corrected chi connectivity index (χ1v) is 8.13. The lowest BCUT2D eigenvalue weighted by Crippen LogP contribution is -2.37. The van der Waals surface area contributed by atoms with Crippen LogP contribution in [0.4, 0.5) is 0 Å². The van der Waals surface area contributed by atoms with Gasteiger partial charge in [-0.2, -0.15) is 4.31 Å². The van der Waals surface area contributed by atoms with Gasteiger partial charge in [0.15, 0.2) is 0 Å². The lowest BCUT2D eigenvalue weighted by atomic mass is 10.2. The summed E-state index contributed by atoms with van der Waals surface area (Å²) in [6.45, 7) is 0.705. The van der Waals surface area contributed by atoms with E-state index in [1.165, 1.54) is 0 Å². The molecule has 0 amide bonds. The first kappa shape index (κ1) is 13.5. The topological polar surface area (TPSA) is 76.3 Å². The fourth-order valence-electron chi connectivity index (χ4n) is 2.43. The number of benzene rings is 1. The minimum Gasteiger partial charge on any atom is -0.329 e. The fourth-order valence-corrected chi connectivity index (χ4v) is 4.35. The van der Waals surface area contributed by atoms with Gasteiger partial charge in [-0.3, -0.25) is 4.98 Å².